The Hall–Kier alpha value is -1.35. The average molecular weight is 288 g/mol. The summed E-state index contributed by atoms with van der Waals surface area (Å²) >= 11 is 0. The Labute approximate surface area is 128 Å². The molecule has 1 aliphatic heterocycles. The summed E-state index contributed by atoms with van der Waals surface area (Å²) in [4.78, 5) is 14.6. The third-order valence-corrected chi connectivity index (χ3v) is 3.81. The SMILES string of the molecule is CC(C)(C)NC(=O)c1ccc(CN2CCCCCC2)cc1. The third-order valence-electron chi connectivity index (χ3n) is 3.81. The summed E-state index contributed by atoms with van der Waals surface area (Å²) in [6.07, 6.45) is 5.35. The van der Waals surface area contributed by atoms with Crippen LogP contribution in [-0.2, 0) is 6.54 Å². The minimum Gasteiger partial charge on any atom is -0.347 e. The van der Waals surface area contributed by atoms with Gasteiger partial charge in [0.15, 0.2) is 0 Å². The highest BCUT2D eigenvalue weighted by Crippen LogP contribution is 2.14. The van der Waals surface area contributed by atoms with Crippen LogP contribution in [0.25, 0.3) is 0 Å². The summed E-state index contributed by atoms with van der Waals surface area (Å²) in [6, 6.07) is 8.05. The summed E-state index contributed by atoms with van der Waals surface area (Å²) in [5.41, 5.74) is 1.84. The number of carbonyl (C=O) groups is 1. The fourth-order valence-electron chi connectivity index (χ4n) is 2.73. The maximum Gasteiger partial charge on any atom is 0.251 e. The van der Waals surface area contributed by atoms with E-state index in [1.807, 2.05) is 32.9 Å². The highest BCUT2D eigenvalue weighted by Gasteiger charge is 2.15. The van der Waals surface area contributed by atoms with Crippen LogP contribution >= 0.6 is 0 Å². The number of rotatable bonds is 3. The molecule has 1 amide bonds. The van der Waals surface area contributed by atoms with E-state index in [1.165, 1.54) is 44.3 Å². The molecule has 1 N–H and O–H groups in total. The van der Waals surface area contributed by atoms with Crippen molar-refractivity contribution in [1.29, 1.82) is 0 Å². The largest absolute Gasteiger partial charge is 0.347 e. The molecule has 2 rings (SSSR count). The van der Waals surface area contributed by atoms with Crippen molar-refractivity contribution >= 4 is 5.91 Å². The maximum absolute atomic E-state index is 12.1. The first kappa shape index (κ1) is 16.0. The van der Waals surface area contributed by atoms with Gasteiger partial charge in [-0.3, -0.25) is 9.69 Å². The van der Waals surface area contributed by atoms with Crippen molar-refractivity contribution in [1.82, 2.24) is 10.2 Å². The normalized spacial score (nSPS) is 17.3. The summed E-state index contributed by atoms with van der Waals surface area (Å²) in [5.74, 6) is 0.00354. The zero-order valence-corrected chi connectivity index (χ0v) is 13.6. The van der Waals surface area contributed by atoms with Crippen LogP contribution < -0.4 is 5.32 Å². The maximum atomic E-state index is 12.1. The molecule has 0 atom stereocenters. The topological polar surface area (TPSA) is 32.3 Å². The Kier molecular flexibility index (Phi) is 5.40. The van der Waals surface area contributed by atoms with Crippen LogP contribution in [0.2, 0.25) is 0 Å². The van der Waals surface area contributed by atoms with Gasteiger partial charge in [-0.05, 0) is 64.4 Å². The van der Waals surface area contributed by atoms with E-state index in [4.69, 9.17) is 0 Å². The van der Waals surface area contributed by atoms with Crippen LogP contribution in [-0.4, -0.2) is 29.4 Å². The first-order valence-corrected chi connectivity index (χ1v) is 8.08. The van der Waals surface area contributed by atoms with Gasteiger partial charge in [0, 0.05) is 17.6 Å². The number of likely N-dealkylation sites (tertiary alicyclic amines) is 1. The van der Waals surface area contributed by atoms with Crippen LogP contribution in [0.5, 0.6) is 0 Å². The fraction of sp³-hybridized carbons (Fsp3) is 0.611. The van der Waals surface area contributed by atoms with Crippen molar-refractivity contribution in [2.45, 2.75) is 58.5 Å². The Bertz CT molecular complexity index is 451. The summed E-state index contributed by atoms with van der Waals surface area (Å²) in [6.45, 7) is 9.40. The second-order valence-corrected chi connectivity index (χ2v) is 7.09. The molecule has 0 radical (unpaired) electrons. The fourth-order valence-corrected chi connectivity index (χ4v) is 2.73. The van der Waals surface area contributed by atoms with Crippen LogP contribution in [0, 0.1) is 0 Å². The number of hydrogen-bond donors (Lipinski definition) is 1. The summed E-state index contributed by atoms with van der Waals surface area (Å²) < 4.78 is 0. The molecule has 1 aromatic carbocycles. The van der Waals surface area contributed by atoms with Crippen molar-refractivity contribution in [3.05, 3.63) is 35.4 Å². The van der Waals surface area contributed by atoms with Crippen LogP contribution in [0.1, 0.15) is 62.4 Å². The van der Waals surface area contributed by atoms with Gasteiger partial charge in [0.25, 0.3) is 5.91 Å². The smallest absolute Gasteiger partial charge is 0.251 e. The van der Waals surface area contributed by atoms with Crippen molar-refractivity contribution in [3.63, 3.8) is 0 Å². The average Bonchev–Trinajstić information content (AvgIpc) is 2.66. The van der Waals surface area contributed by atoms with Gasteiger partial charge in [0.1, 0.15) is 0 Å². The van der Waals surface area contributed by atoms with E-state index < -0.39 is 0 Å². The van der Waals surface area contributed by atoms with E-state index in [9.17, 15) is 4.79 Å². The van der Waals surface area contributed by atoms with Gasteiger partial charge in [-0.15, -0.1) is 0 Å². The highest BCUT2D eigenvalue weighted by molar-refractivity contribution is 5.94. The standard InChI is InChI=1S/C18H28N2O/c1-18(2,3)19-17(21)16-10-8-15(9-11-16)14-20-12-6-4-5-7-13-20/h8-11H,4-7,12-14H2,1-3H3,(H,19,21). The summed E-state index contributed by atoms with van der Waals surface area (Å²) in [7, 11) is 0. The van der Waals surface area contributed by atoms with Crippen LogP contribution in [0.3, 0.4) is 0 Å². The quantitative estimate of drug-likeness (QED) is 0.922. The Morgan fingerprint density at radius 3 is 2.14 bits per heavy atom. The molecule has 0 unspecified atom stereocenters. The molecule has 1 aliphatic rings. The number of benzene rings is 1. The monoisotopic (exact) mass is 288 g/mol. The molecule has 21 heavy (non-hydrogen) atoms. The van der Waals surface area contributed by atoms with Crippen LogP contribution in [0.4, 0.5) is 0 Å². The van der Waals surface area contributed by atoms with Crippen molar-refractivity contribution in [3.8, 4) is 0 Å². The zero-order chi connectivity index (χ0) is 15.3. The lowest BCUT2D eigenvalue weighted by molar-refractivity contribution is 0.0919. The van der Waals surface area contributed by atoms with Gasteiger partial charge >= 0.3 is 0 Å². The van der Waals surface area contributed by atoms with Crippen molar-refractivity contribution in [2.75, 3.05) is 13.1 Å². The lowest BCUT2D eigenvalue weighted by atomic mass is 10.1. The van der Waals surface area contributed by atoms with Gasteiger partial charge in [-0.2, -0.15) is 0 Å². The number of amides is 1. The zero-order valence-electron chi connectivity index (χ0n) is 13.6. The van der Waals surface area contributed by atoms with E-state index >= 15 is 0 Å². The van der Waals surface area contributed by atoms with E-state index in [0.29, 0.717) is 0 Å². The van der Waals surface area contributed by atoms with Gasteiger partial charge in [-0.1, -0.05) is 25.0 Å². The molecule has 0 aromatic heterocycles. The second-order valence-electron chi connectivity index (χ2n) is 7.09. The van der Waals surface area contributed by atoms with Crippen molar-refractivity contribution in [2.24, 2.45) is 0 Å². The molecule has 1 fully saturated rings. The molecule has 1 saturated heterocycles. The van der Waals surface area contributed by atoms with Gasteiger partial charge < -0.3 is 5.32 Å². The first-order chi connectivity index (χ1) is 9.94. The molecular weight excluding hydrogens is 260 g/mol. The number of carbonyl (C=O) groups excluding carboxylic acids is 1. The molecule has 3 nitrogen and oxygen atoms in total. The van der Waals surface area contributed by atoms with E-state index in [0.717, 1.165) is 12.1 Å². The lowest BCUT2D eigenvalue weighted by Crippen LogP contribution is -2.40. The predicted molar refractivity (Wildman–Crippen MR) is 87.4 cm³/mol. The first-order valence-electron chi connectivity index (χ1n) is 8.08. The van der Waals surface area contributed by atoms with E-state index in [2.05, 4.69) is 22.3 Å². The lowest BCUT2D eigenvalue weighted by Gasteiger charge is -2.21. The molecule has 116 valence electrons. The molecule has 0 saturated carbocycles. The number of nitrogens with one attached hydrogen (secondary N) is 1. The summed E-state index contributed by atoms with van der Waals surface area (Å²) in [5, 5.41) is 3.00. The van der Waals surface area contributed by atoms with Crippen LogP contribution in [0.15, 0.2) is 24.3 Å². The Morgan fingerprint density at radius 1 is 1.05 bits per heavy atom. The minimum atomic E-state index is -0.193. The van der Waals surface area contributed by atoms with E-state index in [1.54, 1.807) is 0 Å². The van der Waals surface area contributed by atoms with Crippen molar-refractivity contribution < 1.29 is 4.79 Å². The van der Waals surface area contributed by atoms with E-state index in [-0.39, 0.29) is 11.4 Å². The highest BCUT2D eigenvalue weighted by atomic mass is 16.1. The molecule has 1 aromatic rings. The molecule has 0 spiro atoms. The number of nitrogens with zero attached hydrogens (tertiary/aromatic N) is 1. The molecular formula is C18H28N2O. The Balaban J connectivity index is 1.93. The third kappa shape index (κ3) is 5.50. The van der Waals surface area contributed by atoms with Gasteiger partial charge in [0.2, 0.25) is 0 Å². The van der Waals surface area contributed by atoms with Gasteiger partial charge in [-0.25, -0.2) is 0 Å². The van der Waals surface area contributed by atoms with Gasteiger partial charge in [0.05, 0.1) is 0 Å². The molecule has 0 bridgehead atoms. The second kappa shape index (κ2) is 7.08. The minimum absolute atomic E-state index is 0.00354. The Morgan fingerprint density at radius 2 is 1.62 bits per heavy atom. The molecule has 3 heteroatoms. The predicted octanol–water partition coefficient (Wildman–Crippen LogP) is 3.59. The number of hydrogen-bond acceptors (Lipinski definition) is 2. The molecule has 1 heterocycles. The molecule has 0 aliphatic carbocycles.